The number of hydrogen-bond acceptors (Lipinski definition) is 5. The van der Waals surface area contributed by atoms with Gasteiger partial charge in [-0.2, -0.15) is 0 Å². The third-order valence-electron chi connectivity index (χ3n) is 5.48. The van der Waals surface area contributed by atoms with Crippen LogP contribution in [0.4, 0.5) is 0 Å². The molecule has 5 nitrogen and oxygen atoms in total. The van der Waals surface area contributed by atoms with Gasteiger partial charge in [0.15, 0.2) is 11.6 Å². The molecular formula is C22H16N2O3. The Bertz CT molecular complexity index is 1080. The highest BCUT2D eigenvalue weighted by Gasteiger charge is 2.44. The Kier molecular flexibility index (Phi) is 3.44. The summed E-state index contributed by atoms with van der Waals surface area (Å²) in [6, 6.07) is 10.5. The number of benzene rings is 1. The van der Waals surface area contributed by atoms with Crippen molar-refractivity contribution in [2.45, 2.75) is 25.2 Å². The largest absolute Gasteiger partial charge is 0.355 e. The average molecular weight is 356 g/mol. The van der Waals surface area contributed by atoms with Crippen molar-refractivity contribution in [3.63, 3.8) is 0 Å². The van der Waals surface area contributed by atoms with Gasteiger partial charge in [-0.1, -0.05) is 30.3 Å². The number of ketones is 3. The molecule has 1 unspecified atom stereocenters. The molecular weight excluding hydrogens is 340 g/mol. The summed E-state index contributed by atoms with van der Waals surface area (Å²) in [5.41, 5.74) is 3.60. The molecule has 2 aliphatic carbocycles. The number of carbonyl (C=O) groups excluding carboxylic acids is 3. The van der Waals surface area contributed by atoms with E-state index in [1.807, 2.05) is 6.07 Å². The molecule has 3 aliphatic rings. The van der Waals surface area contributed by atoms with Gasteiger partial charge in [0, 0.05) is 52.7 Å². The van der Waals surface area contributed by atoms with E-state index < -0.39 is 5.92 Å². The minimum Gasteiger partial charge on any atom is -0.355 e. The fourth-order valence-electron chi connectivity index (χ4n) is 4.30. The Labute approximate surface area is 155 Å². The van der Waals surface area contributed by atoms with Gasteiger partial charge in [-0.25, -0.2) is 0 Å². The van der Waals surface area contributed by atoms with Crippen LogP contribution in [-0.4, -0.2) is 22.3 Å². The van der Waals surface area contributed by atoms with Crippen molar-refractivity contribution in [2.75, 3.05) is 0 Å². The molecule has 1 aliphatic heterocycles. The Morgan fingerprint density at radius 3 is 2.41 bits per heavy atom. The fraction of sp³-hybridized carbons (Fsp3) is 0.182. The molecule has 132 valence electrons. The van der Waals surface area contributed by atoms with Crippen LogP contribution >= 0.6 is 0 Å². The fourth-order valence-corrected chi connectivity index (χ4v) is 4.30. The summed E-state index contributed by atoms with van der Waals surface area (Å²) in [6.07, 6.45) is 5.22. The molecule has 5 heteroatoms. The minimum absolute atomic E-state index is 0.0308. The predicted octanol–water partition coefficient (Wildman–Crippen LogP) is 3.11. The zero-order chi connectivity index (χ0) is 18.5. The molecule has 0 saturated carbocycles. The lowest BCUT2D eigenvalue weighted by atomic mass is 9.70. The molecule has 27 heavy (non-hydrogen) atoms. The second kappa shape index (κ2) is 5.84. The van der Waals surface area contributed by atoms with E-state index in [2.05, 4.69) is 10.3 Å². The summed E-state index contributed by atoms with van der Waals surface area (Å²) < 4.78 is 0. The van der Waals surface area contributed by atoms with E-state index >= 15 is 0 Å². The first-order chi connectivity index (χ1) is 13.2. The first-order valence-corrected chi connectivity index (χ1v) is 9.02. The molecule has 0 spiro atoms. The predicted molar refractivity (Wildman–Crippen MR) is 98.1 cm³/mol. The van der Waals surface area contributed by atoms with E-state index in [1.165, 1.54) is 0 Å². The van der Waals surface area contributed by atoms with Gasteiger partial charge in [-0.05, 0) is 24.5 Å². The van der Waals surface area contributed by atoms with Gasteiger partial charge in [0.2, 0.25) is 5.78 Å². The standard InChI is InChI=1S/C22H16N2O3/c25-16-9-3-8-15-18(16)17(12-5-4-10-23-11-12)19-20(24-15)22(27)14-7-2-1-6-13(14)21(19)26/h1-2,4-7,10-11,17,24H,3,8-9H2. The zero-order valence-corrected chi connectivity index (χ0v) is 14.5. The number of hydrogen-bond donors (Lipinski definition) is 1. The number of allylic oxidation sites excluding steroid dienone is 4. The van der Waals surface area contributed by atoms with Gasteiger partial charge < -0.3 is 5.32 Å². The van der Waals surface area contributed by atoms with Gasteiger partial charge >= 0.3 is 0 Å². The zero-order valence-electron chi connectivity index (χ0n) is 14.5. The molecule has 0 fully saturated rings. The lowest BCUT2D eigenvalue weighted by Crippen LogP contribution is -2.40. The number of aromatic nitrogens is 1. The topological polar surface area (TPSA) is 76.1 Å². The number of nitrogens with one attached hydrogen (secondary N) is 1. The first-order valence-electron chi connectivity index (χ1n) is 9.02. The van der Waals surface area contributed by atoms with Crippen molar-refractivity contribution >= 4 is 17.3 Å². The molecule has 0 bridgehead atoms. The van der Waals surface area contributed by atoms with Crippen molar-refractivity contribution in [2.24, 2.45) is 0 Å². The van der Waals surface area contributed by atoms with E-state index in [0.29, 0.717) is 40.8 Å². The highest BCUT2D eigenvalue weighted by molar-refractivity contribution is 6.28. The molecule has 0 radical (unpaired) electrons. The Morgan fingerprint density at radius 1 is 0.889 bits per heavy atom. The number of rotatable bonds is 1. The van der Waals surface area contributed by atoms with Gasteiger partial charge in [-0.15, -0.1) is 0 Å². The quantitative estimate of drug-likeness (QED) is 0.850. The summed E-state index contributed by atoms with van der Waals surface area (Å²) in [5.74, 6) is -0.920. The van der Waals surface area contributed by atoms with Crippen molar-refractivity contribution in [3.05, 3.63) is 88.0 Å². The second-order valence-electron chi connectivity index (χ2n) is 7.01. The van der Waals surface area contributed by atoms with Crippen LogP contribution in [0.25, 0.3) is 0 Å². The smallest absolute Gasteiger partial charge is 0.210 e. The monoisotopic (exact) mass is 356 g/mol. The highest BCUT2D eigenvalue weighted by Crippen LogP contribution is 2.45. The van der Waals surface area contributed by atoms with E-state index in [-0.39, 0.29) is 17.3 Å². The lowest BCUT2D eigenvalue weighted by molar-refractivity contribution is -0.116. The molecule has 2 heterocycles. The van der Waals surface area contributed by atoms with Crippen LogP contribution in [-0.2, 0) is 4.79 Å². The maximum Gasteiger partial charge on any atom is 0.210 e. The summed E-state index contributed by atoms with van der Waals surface area (Å²) >= 11 is 0. The summed E-state index contributed by atoms with van der Waals surface area (Å²) in [5, 5.41) is 3.16. The van der Waals surface area contributed by atoms with Gasteiger partial charge in [0.1, 0.15) is 0 Å². The number of carbonyl (C=O) groups is 3. The highest BCUT2D eigenvalue weighted by atomic mass is 16.1. The van der Waals surface area contributed by atoms with E-state index in [4.69, 9.17) is 0 Å². The van der Waals surface area contributed by atoms with Crippen molar-refractivity contribution in [1.82, 2.24) is 10.3 Å². The third kappa shape index (κ3) is 2.24. The Morgan fingerprint density at radius 2 is 1.67 bits per heavy atom. The number of Topliss-reactive ketones (excluding diaryl/α,β-unsaturated/α-hetero) is 3. The average Bonchev–Trinajstić information content (AvgIpc) is 2.71. The normalized spacial score (nSPS) is 21.5. The van der Waals surface area contributed by atoms with Crippen molar-refractivity contribution in [1.29, 1.82) is 0 Å². The first kappa shape index (κ1) is 15.9. The molecule has 1 N–H and O–H groups in total. The number of fused-ring (bicyclic) bond motifs is 1. The van der Waals surface area contributed by atoms with Gasteiger partial charge in [0.05, 0.1) is 5.70 Å². The second-order valence-corrected chi connectivity index (χ2v) is 7.01. The van der Waals surface area contributed by atoms with Crippen molar-refractivity contribution < 1.29 is 14.4 Å². The van der Waals surface area contributed by atoms with E-state index in [1.54, 1.807) is 42.7 Å². The van der Waals surface area contributed by atoms with Gasteiger partial charge in [0.25, 0.3) is 0 Å². The van der Waals surface area contributed by atoms with E-state index in [9.17, 15) is 14.4 Å². The number of nitrogens with zero attached hydrogens (tertiary/aromatic N) is 1. The molecule has 2 aromatic rings. The van der Waals surface area contributed by atoms with Gasteiger partial charge in [-0.3, -0.25) is 19.4 Å². The minimum atomic E-state index is -0.553. The van der Waals surface area contributed by atoms with Crippen LogP contribution in [0.15, 0.2) is 71.3 Å². The number of dihydropyridines is 1. The van der Waals surface area contributed by atoms with Crippen molar-refractivity contribution in [3.8, 4) is 0 Å². The van der Waals surface area contributed by atoms with Crippen LogP contribution in [0.1, 0.15) is 51.5 Å². The lowest BCUT2D eigenvalue weighted by Gasteiger charge is -2.36. The molecule has 1 atom stereocenters. The number of pyridine rings is 1. The Hall–Kier alpha value is -3.34. The maximum absolute atomic E-state index is 13.4. The van der Waals surface area contributed by atoms with Crippen LogP contribution in [0, 0.1) is 0 Å². The summed E-state index contributed by atoms with van der Waals surface area (Å²) in [4.78, 5) is 43.4. The Balaban J connectivity index is 1.77. The molecule has 1 aromatic carbocycles. The van der Waals surface area contributed by atoms with Crippen LogP contribution < -0.4 is 5.32 Å². The van der Waals surface area contributed by atoms with Crippen LogP contribution in [0.3, 0.4) is 0 Å². The summed E-state index contributed by atoms with van der Waals surface area (Å²) in [7, 11) is 0. The summed E-state index contributed by atoms with van der Waals surface area (Å²) in [6.45, 7) is 0. The van der Waals surface area contributed by atoms with Crippen LogP contribution in [0.2, 0.25) is 0 Å². The SMILES string of the molecule is O=C1CCCC2=C1C(c1cccnc1)C1=C(N2)C(=O)c2ccccc2C1=O. The van der Waals surface area contributed by atoms with E-state index in [0.717, 1.165) is 17.7 Å². The molecule has 0 saturated heterocycles. The molecule has 0 amide bonds. The maximum atomic E-state index is 13.4. The molecule has 5 rings (SSSR count). The van der Waals surface area contributed by atoms with Crippen LogP contribution in [0.5, 0.6) is 0 Å². The molecule has 1 aromatic heterocycles. The third-order valence-corrected chi connectivity index (χ3v) is 5.48.